The van der Waals surface area contributed by atoms with E-state index in [9.17, 15) is 0 Å². The zero-order valence-electron chi connectivity index (χ0n) is 14.5. The molecule has 3 aromatic heterocycles. The highest BCUT2D eigenvalue weighted by Crippen LogP contribution is 2.24. The second kappa shape index (κ2) is 6.30. The maximum atomic E-state index is 4.76. The Morgan fingerprint density at radius 2 is 1.92 bits per heavy atom. The molecule has 1 aliphatic rings. The molecule has 0 spiro atoms. The van der Waals surface area contributed by atoms with Crippen LogP contribution in [0.4, 0.5) is 5.82 Å². The van der Waals surface area contributed by atoms with Crippen LogP contribution < -0.4 is 4.90 Å². The summed E-state index contributed by atoms with van der Waals surface area (Å²) in [6, 6.07) is 10.4. The molecule has 1 aliphatic heterocycles. The van der Waals surface area contributed by atoms with Gasteiger partial charge < -0.3 is 4.90 Å². The van der Waals surface area contributed by atoms with Crippen molar-refractivity contribution >= 4 is 33.1 Å². The normalized spacial score (nSPS) is 16.0. The minimum absolute atomic E-state index is 0.664. The number of thiazole rings is 1. The molecular formula is C18H19N7S. The number of piperazine rings is 1. The standard InChI is InChI=1S/C18H19N7S/c1-13-10-17(25-18(21-13)19-12-20-25)24-8-6-23(7-9-24)11-16-22-14-4-2-3-5-15(14)26-16/h2-5,10,12H,6-9,11H2,1H3. The Morgan fingerprint density at radius 3 is 2.77 bits per heavy atom. The largest absolute Gasteiger partial charge is 0.354 e. The number of rotatable bonds is 3. The van der Waals surface area contributed by atoms with E-state index in [0.717, 1.165) is 49.8 Å². The van der Waals surface area contributed by atoms with Crippen LogP contribution in [0.25, 0.3) is 16.0 Å². The lowest BCUT2D eigenvalue weighted by atomic mass is 10.3. The summed E-state index contributed by atoms with van der Waals surface area (Å²) in [5, 5.41) is 5.52. The van der Waals surface area contributed by atoms with E-state index in [1.165, 1.54) is 9.71 Å². The predicted molar refractivity (Wildman–Crippen MR) is 103 cm³/mol. The Hall–Kier alpha value is -2.58. The van der Waals surface area contributed by atoms with Crippen LogP contribution in [-0.2, 0) is 6.54 Å². The first-order valence-electron chi connectivity index (χ1n) is 8.75. The minimum atomic E-state index is 0.664. The molecule has 0 radical (unpaired) electrons. The molecule has 1 fully saturated rings. The summed E-state index contributed by atoms with van der Waals surface area (Å²) in [7, 11) is 0. The maximum Gasteiger partial charge on any atom is 0.254 e. The summed E-state index contributed by atoms with van der Waals surface area (Å²) >= 11 is 1.80. The summed E-state index contributed by atoms with van der Waals surface area (Å²) < 4.78 is 3.10. The molecule has 7 nitrogen and oxygen atoms in total. The molecule has 4 aromatic rings. The van der Waals surface area contributed by atoms with E-state index in [4.69, 9.17) is 4.98 Å². The number of anilines is 1. The van der Waals surface area contributed by atoms with Gasteiger partial charge >= 0.3 is 0 Å². The van der Waals surface area contributed by atoms with Crippen LogP contribution >= 0.6 is 11.3 Å². The van der Waals surface area contributed by atoms with Crippen molar-refractivity contribution < 1.29 is 0 Å². The zero-order valence-corrected chi connectivity index (χ0v) is 15.4. The van der Waals surface area contributed by atoms with Gasteiger partial charge in [0.15, 0.2) is 0 Å². The summed E-state index contributed by atoms with van der Waals surface area (Å²) in [5.41, 5.74) is 2.07. The van der Waals surface area contributed by atoms with E-state index in [1.54, 1.807) is 17.7 Å². The Balaban J connectivity index is 1.30. The third-order valence-electron chi connectivity index (χ3n) is 4.75. The van der Waals surface area contributed by atoms with Gasteiger partial charge in [0.25, 0.3) is 5.78 Å². The van der Waals surface area contributed by atoms with Crippen molar-refractivity contribution in [1.82, 2.24) is 29.5 Å². The van der Waals surface area contributed by atoms with E-state index in [2.05, 4.69) is 49.1 Å². The van der Waals surface area contributed by atoms with Gasteiger partial charge in [0.2, 0.25) is 0 Å². The van der Waals surface area contributed by atoms with Gasteiger partial charge in [0.1, 0.15) is 17.2 Å². The van der Waals surface area contributed by atoms with Crippen LogP contribution in [0.5, 0.6) is 0 Å². The van der Waals surface area contributed by atoms with Crippen LogP contribution in [0.1, 0.15) is 10.7 Å². The van der Waals surface area contributed by atoms with Crippen LogP contribution in [0.15, 0.2) is 36.7 Å². The first-order chi connectivity index (χ1) is 12.8. The molecule has 4 heterocycles. The molecule has 0 atom stereocenters. The lowest BCUT2D eigenvalue weighted by molar-refractivity contribution is 0.249. The van der Waals surface area contributed by atoms with Gasteiger partial charge in [-0.05, 0) is 19.1 Å². The topological polar surface area (TPSA) is 62.5 Å². The molecule has 0 saturated carbocycles. The number of aromatic nitrogens is 5. The lowest BCUT2D eigenvalue weighted by Crippen LogP contribution is -2.46. The molecule has 0 aliphatic carbocycles. The van der Waals surface area contributed by atoms with Crippen LogP contribution in [0, 0.1) is 6.92 Å². The van der Waals surface area contributed by atoms with Crippen molar-refractivity contribution in [3.05, 3.63) is 47.4 Å². The monoisotopic (exact) mass is 365 g/mol. The molecule has 8 heteroatoms. The number of aryl methyl sites for hydroxylation is 1. The first kappa shape index (κ1) is 15.7. The summed E-state index contributed by atoms with van der Waals surface area (Å²) in [6.45, 7) is 6.86. The Kier molecular flexibility index (Phi) is 3.79. The average Bonchev–Trinajstić information content (AvgIpc) is 3.27. The summed E-state index contributed by atoms with van der Waals surface area (Å²) in [5.74, 6) is 1.74. The number of benzene rings is 1. The third kappa shape index (κ3) is 2.81. The molecule has 0 bridgehead atoms. The van der Waals surface area contributed by atoms with Crippen LogP contribution in [-0.4, -0.2) is 55.6 Å². The molecule has 0 N–H and O–H groups in total. The van der Waals surface area contributed by atoms with Gasteiger partial charge in [-0.1, -0.05) is 12.1 Å². The lowest BCUT2D eigenvalue weighted by Gasteiger charge is -2.35. The van der Waals surface area contributed by atoms with Crippen molar-refractivity contribution in [2.45, 2.75) is 13.5 Å². The fraction of sp³-hybridized carbons (Fsp3) is 0.333. The first-order valence-corrected chi connectivity index (χ1v) is 9.57. The van der Waals surface area contributed by atoms with Crippen LogP contribution in [0.3, 0.4) is 0 Å². The number of nitrogens with zero attached hydrogens (tertiary/aromatic N) is 7. The second-order valence-electron chi connectivity index (χ2n) is 6.57. The molecule has 1 aromatic carbocycles. The van der Waals surface area contributed by atoms with E-state index >= 15 is 0 Å². The molecule has 5 rings (SSSR count). The van der Waals surface area contributed by atoms with Gasteiger partial charge in [-0.2, -0.15) is 14.6 Å². The quantitative estimate of drug-likeness (QED) is 0.555. The summed E-state index contributed by atoms with van der Waals surface area (Å²) in [4.78, 5) is 18.3. The number of para-hydroxylation sites is 1. The van der Waals surface area contributed by atoms with E-state index in [-0.39, 0.29) is 0 Å². The highest BCUT2D eigenvalue weighted by molar-refractivity contribution is 7.18. The van der Waals surface area contributed by atoms with Gasteiger partial charge in [-0.3, -0.25) is 4.90 Å². The fourth-order valence-corrected chi connectivity index (χ4v) is 4.46. The molecule has 0 amide bonds. The van der Waals surface area contributed by atoms with Crippen molar-refractivity contribution in [1.29, 1.82) is 0 Å². The number of hydrogen-bond acceptors (Lipinski definition) is 7. The minimum Gasteiger partial charge on any atom is -0.354 e. The smallest absolute Gasteiger partial charge is 0.254 e. The Bertz CT molecular complexity index is 1030. The van der Waals surface area contributed by atoms with E-state index < -0.39 is 0 Å². The Labute approximate surface area is 154 Å². The average molecular weight is 365 g/mol. The van der Waals surface area contributed by atoms with Crippen molar-refractivity contribution in [2.24, 2.45) is 0 Å². The second-order valence-corrected chi connectivity index (χ2v) is 7.68. The van der Waals surface area contributed by atoms with Gasteiger partial charge in [-0.15, -0.1) is 11.3 Å². The van der Waals surface area contributed by atoms with E-state index in [0.29, 0.717) is 5.78 Å². The number of hydrogen-bond donors (Lipinski definition) is 0. The van der Waals surface area contributed by atoms with Crippen molar-refractivity contribution in [3.63, 3.8) is 0 Å². The van der Waals surface area contributed by atoms with Gasteiger partial charge in [0.05, 0.1) is 16.8 Å². The molecule has 1 saturated heterocycles. The van der Waals surface area contributed by atoms with Crippen molar-refractivity contribution in [3.8, 4) is 0 Å². The van der Waals surface area contributed by atoms with Gasteiger partial charge in [0, 0.05) is 37.9 Å². The molecule has 26 heavy (non-hydrogen) atoms. The Morgan fingerprint density at radius 1 is 1.08 bits per heavy atom. The van der Waals surface area contributed by atoms with Gasteiger partial charge in [-0.25, -0.2) is 9.97 Å². The highest BCUT2D eigenvalue weighted by Gasteiger charge is 2.21. The molecular weight excluding hydrogens is 346 g/mol. The summed E-state index contributed by atoms with van der Waals surface area (Å²) in [6.07, 6.45) is 1.56. The SMILES string of the molecule is Cc1cc(N2CCN(Cc3nc4ccccc4s3)CC2)n2ncnc2n1. The third-order valence-corrected chi connectivity index (χ3v) is 5.78. The fourth-order valence-electron chi connectivity index (χ4n) is 3.45. The molecule has 132 valence electrons. The molecule has 0 unspecified atom stereocenters. The highest BCUT2D eigenvalue weighted by atomic mass is 32.1. The number of fused-ring (bicyclic) bond motifs is 2. The zero-order chi connectivity index (χ0) is 17.5. The van der Waals surface area contributed by atoms with E-state index in [1.807, 2.05) is 17.5 Å². The van der Waals surface area contributed by atoms with Crippen LogP contribution in [0.2, 0.25) is 0 Å². The maximum absolute atomic E-state index is 4.76. The predicted octanol–water partition coefficient (Wildman–Crippen LogP) is 2.36. The van der Waals surface area contributed by atoms with Crippen molar-refractivity contribution in [2.75, 3.05) is 31.1 Å².